The van der Waals surface area contributed by atoms with Crippen LogP contribution in [0.3, 0.4) is 0 Å². The van der Waals surface area contributed by atoms with Crippen molar-refractivity contribution in [2.75, 3.05) is 22.6 Å². The fourth-order valence-electron chi connectivity index (χ4n) is 1.53. The summed E-state index contributed by atoms with van der Waals surface area (Å²) in [6.45, 7) is 0.646. The van der Waals surface area contributed by atoms with Crippen molar-refractivity contribution in [1.82, 2.24) is 0 Å². The van der Waals surface area contributed by atoms with Gasteiger partial charge in [-0.3, -0.25) is 0 Å². The van der Waals surface area contributed by atoms with Gasteiger partial charge in [0.1, 0.15) is 0 Å². The Kier molecular flexibility index (Phi) is 2.29. The maximum Gasteiger partial charge on any atom is 0.205 e. The number of nitrogens with zero attached hydrogens (tertiary/aromatic N) is 1. The number of para-hydroxylation sites is 2. The molecule has 0 bridgehead atoms. The van der Waals surface area contributed by atoms with E-state index in [1.165, 1.54) is 0 Å². The number of hydrogen-bond acceptors (Lipinski definition) is 3. The fraction of sp³-hybridized carbons (Fsp3) is 0.333. The molecule has 70 valence electrons. The normalized spacial score (nSPS) is 19.8. The largest absolute Gasteiger partial charge is 0.356 e. The lowest BCUT2D eigenvalue weighted by Crippen LogP contribution is -2.36. The molecule has 0 saturated carbocycles. The van der Waals surface area contributed by atoms with Gasteiger partial charge >= 0.3 is 0 Å². The Morgan fingerprint density at radius 1 is 1.46 bits per heavy atom. The Hall–Kier alpha value is -0.930. The second-order valence-corrected chi connectivity index (χ2v) is 3.30. The molecule has 0 amide bonds. The van der Waals surface area contributed by atoms with Crippen LogP contribution in [0.1, 0.15) is 0 Å². The van der Waals surface area contributed by atoms with Crippen molar-refractivity contribution >= 4 is 23.0 Å². The molecule has 1 atom stereocenters. The summed E-state index contributed by atoms with van der Waals surface area (Å²) in [6.07, 6.45) is -0.642. The SMILES string of the molecule is OC1Nc2ccccc2N1CCCl. The molecule has 0 saturated heterocycles. The fourth-order valence-corrected chi connectivity index (χ4v) is 1.71. The van der Waals surface area contributed by atoms with Crippen LogP contribution >= 0.6 is 11.6 Å². The van der Waals surface area contributed by atoms with Crippen molar-refractivity contribution in [3.63, 3.8) is 0 Å². The van der Waals surface area contributed by atoms with Gasteiger partial charge in [0, 0.05) is 12.4 Å². The first-order valence-electron chi connectivity index (χ1n) is 4.19. The molecular weight excluding hydrogens is 188 g/mol. The van der Waals surface area contributed by atoms with Crippen LogP contribution in [-0.4, -0.2) is 23.9 Å². The molecule has 1 heterocycles. The van der Waals surface area contributed by atoms with Gasteiger partial charge in [-0.1, -0.05) is 12.1 Å². The number of fused-ring (bicyclic) bond motifs is 1. The maximum atomic E-state index is 9.60. The molecule has 2 rings (SSSR count). The molecule has 0 aliphatic carbocycles. The van der Waals surface area contributed by atoms with Gasteiger partial charge in [-0.2, -0.15) is 0 Å². The van der Waals surface area contributed by atoms with Crippen LogP contribution in [0.4, 0.5) is 11.4 Å². The van der Waals surface area contributed by atoms with E-state index in [2.05, 4.69) is 5.32 Å². The van der Waals surface area contributed by atoms with E-state index in [-0.39, 0.29) is 0 Å². The van der Waals surface area contributed by atoms with Crippen molar-refractivity contribution in [2.45, 2.75) is 6.35 Å². The van der Waals surface area contributed by atoms with Crippen LogP contribution in [0, 0.1) is 0 Å². The van der Waals surface area contributed by atoms with E-state index < -0.39 is 6.35 Å². The minimum Gasteiger partial charge on any atom is -0.356 e. The Morgan fingerprint density at radius 3 is 3.00 bits per heavy atom. The minimum atomic E-state index is -0.642. The molecule has 0 spiro atoms. The molecule has 0 aromatic heterocycles. The van der Waals surface area contributed by atoms with Crippen LogP contribution < -0.4 is 10.2 Å². The van der Waals surface area contributed by atoms with E-state index >= 15 is 0 Å². The summed E-state index contributed by atoms with van der Waals surface area (Å²) in [6, 6.07) is 7.78. The molecule has 3 nitrogen and oxygen atoms in total. The summed E-state index contributed by atoms with van der Waals surface area (Å²) in [5, 5.41) is 12.6. The zero-order valence-electron chi connectivity index (χ0n) is 7.07. The quantitative estimate of drug-likeness (QED) is 0.706. The van der Waals surface area contributed by atoms with E-state index in [9.17, 15) is 5.11 Å². The highest BCUT2D eigenvalue weighted by molar-refractivity contribution is 6.18. The zero-order chi connectivity index (χ0) is 9.26. The summed E-state index contributed by atoms with van der Waals surface area (Å²) in [4.78, 5) is 1.84. The number of aliphatic hydroxyl groups is 1. The van der Waals surface area contributed by atoms with Gasteiger partial charge in [-0.25, -0.2) is 0 Å². The molecular formula is C9H11ClN2O. The van der Waals surface area contributed by atoms with Crippen molar-refractivity contribution < 1.29 is 5.11 Å². The third kappa shape index (κ3) is 1.45. The summed E-state index contributed by atoms with van der Waals surface area (Å²) in [7, 11) is 0. The first-order valence-corrected chi connectivity index (χ1v) is 4.72. The first kappa shape index (κ1) is 8.66. The number of anilines is 2. The summed E-state index contributed by atoms with van der Waals surface area (Å²) in [5.41, 5.74) is 1.97. The number of rotatable bonds is 2. The monoisotopic (exact) mass is 198 g/mol. The third-order valence-electron chi connectivity index (χ3n) is 2.12. The van der Waals surface area contributed by atoms with Crippen LogP contribution in [0.15, 0.2) is 24.3 Å². The first-order chi connectivity index (χ1) is 6.33. The van der Waals surface area contributed by atoms with Crippen molar-refractivity contribution in [2.24, 2.45) is 0 Å². The van der Waals surface area contributed by atoms with Gasteiger partial charge in [-0.05, 0) is 12.1 Å². The van der Waals surface area contributed by atoms with Crippen molar-refractivity contribution in [1.29, 1.82) is 0 Å². The molecule has 4 heteroatoms. The highest BCUT2D eigenvalue weighted by atomic mass is 35.5. The van der Waals surface area contributed by atoms with E-state index in [4.69, 9.17) is 11.6 Å². The molecule has 0 fully saturated rings. The van der Waals surface area contributed by atoms with Gasteiger partial charge < -0.3 is 15.3 Å². The number of halogens is 1. The highest BCUT2D eigenvalue weighted by Crippen LogP contribution is 2.32. The lowest BCUT2D eigenvalue weighted by Gasteiger charge is -2.20. The van der Waals surface area contributed by atoms with Crippen LogP contribution in [0.2, 0.25) is 0 Å². The highest BCUT2D eigenvalue weighted by Gasteiger charge is 2.25. The Balaban J connectivity index is 2.29. The van der Waals surface area contributed by atoms with Gasteiger partial charge in [0.2, 0.25) is 6.35 Å². The van der Waals surface area contributed by atoms with E-state index in [0.717, 1.165) is 11.4 Å². The van der Waals surface area contributed by atoms with Crippen LogP contribution in [-0.2, 0) is 0 Å². The molecule has 1 aromatic rings. The molecule has 1 unspecified atom stereocenters. The van der Waals surface area contributed by atoms with E-state index in [1.807, 2.05) is 29.2 Å². The number of benzene rings is 1. The maximum absolute atomic E-state index is 9.60. The minimum absolute atomic E-state index is 0.507. The molecule has 0 radical (unpaired) electrons. The number of nitrogens with one attached hydrogen (secondary N) is 1. The van der Waals surface area contributed by atoms with E-state index in [1.54, 1.807) is 0 Å². The molecule has 1 aliphatic rings. The predicted octanol–water partition coefficient (Wildman–Crippen LogP) is 1.43. The number of aliphatic hydroxyl groups excluding tert-OH is 1. The van der Waals surface area contributed by atoms with Gasteiger partial charge in [0.05, 0.1) is 11.4 Å². The third-order valence-corrected chi connectivity index (χ3v) is 2.29. The zero-order valence-corrected chi connectivity index (χ0v) is 7.83. The second kappa shape index (κ2) is 3.44. The number of alkyl halides is 1. The molecule has 13 heavy (non-hydrogen) atoms. The number of hydrogen-bond donors (Lipinski definition) is 2. The van der Waals surface area contributed by atoms with Crippen LogP contribution in [0.5, 0.6) is 0 Å². The molecule has 1 aliphatic heterocycles. The standard InChI is InChI=1S/C9H11ClN2O/c10-5-6-12-8-4-2-1-3-7(8)11-9(12)13/h1-4,9,11,13H,5-6H2. The topological polar surface area (TPSA) is 35.5 Å². The summed E-state index contributed by atoms with van der Waals surface area (Å²) in [5.74, 6) is 0.507. The second-order valence-electron chi connectivity index (χ2n) is 2.92. The average molecular weight is 199 g/mol. The van der Waals surface area contributed by atoms with Crippen molar-refractivity contribution in [3.05, 3.63) is 24.3 Å². The van der Waals surface area contributed by atoms with Gasteiger partial charge in [0.15, 0.2) is 0 Å². The predicted molar refractivity (Wildman–Crippen MR) is 54.1 cm³/mol. The van der Waals surface area contributed by atoms with E-state index in [0.29, 0.717) is 12.4 Å². The lowest BCUT2D eigenvalue weighted by atomic mass is 10.3. The molecule has 2 N–H and O–H groups in total. The summed E-state index contributed by atoms with van der Waals surface area (Å²) >= 11 is 5.63. The smallest absolute Gasteiger partial charge is 0.205 e. The lowest BCUT2D eigenvalue weighted by molar-refractivity contribution is 0.205. The van der Waals surface area contributed by atoms with Gasteiger partial charge in [-0.15, -0.1) is 11.6 Å². The van der Waals surface area contributed by atoms with Crippen LogP contribution in [0.25, 0.3) is 0 Å². The van der Waals surface area contributed by atoms with Crippen molar-refractivity contribution in [3.8, 4) is 0 Å². The Morgan fingerprint density at radius 2 is 2.23 bits per heavy atom. The Bertz CT molecular complexity index is 305. The average Bonchev–Trinajstić information content (AvgIpc) is 2.44. The summed E-state index contributed by atoms with van der Waals surface area (Å²) < 4.78 is 0. The molecule has 1 aromatic carbocycles. The van der Waals surface area contributed by atoms with Gasteiger partial charge in [0.25, 0.3) is 0 Å². The Labute approximate surface area is 81.9 Å².